The zero-order valence-corrected chi connectivity index (χ0v) is 24.4. The molecule has 0 aromatic carbocycles. The number of nitrogens with two attached hydrogens (primary N) is 2. The zero-order valence-electron chi connectivity index (χ0n) is 21.8. The van der Waals surface area contributed by atoms with Crippen LogP contribution >= 0.6 is 15.0 Å². The molecular weight excluding hydrogens is 614 g/mol. The van der Waals surface area contributed by atoms with E-state index in [0.29, 0.717) is 22.3 Å². The third-order valence-corrected chi connectivity index (χ3v) is 9.77. The fraction of sp³-hybridized carbons (Fsp3) is 0.524. The molecule has 3 fully saturated rings. The monoisotopic (exact) mass is 639 g/mol. The molecule has 4 aromatic rings. The molecule has 0 aliphatic carbocycles. The molecule has 222 valence electrons. The SMILES string of the molecule is C[C@@H]1[C@@H]2OP(O)(=S)OC[C@H]3O[C@@H](n4cnc5c(N)ncnc54)C[C@@H]3O[P+](=O)OC[C@H]2O[C@H]1n1cnc2c(N)ncnc21. The van der Waals surface area contributed by atoms with Crippen molar-refractivity contribution >= 4 is 60.7 Å². The van der Waals surface area contributed by atoms with Gasteiger partial charge in [-0.3, -0.25) is 9.13 Å². The van der Waals surface area contributed by atoms with Gasteiger partial charge < -0.3 is 34.9 Å². The summed E-state index contributed by atoms with van der Waals surface area (Å²) in [5.41, 5.74) is 13.6. The van der Waals surface area contributed by atoms with Crippen LogP contribution in [0.2, 0.25) is 0 Å². The van der Waals surface area contributed by atoms with Crippen molar-refractivity contribution in [1.29, 1.82) is 0 Å². The van der Waals surface area contributed by atoms with Crippen molar-refractivity contribution < 1.29 is 37.0 Å². The van der Waals surface area contributed by atoms with Crippen LogP contribution in [0.25, 0.3) is 22.3 Å². The van der Waals surface area contributed by atoms with E-state index in [9.17, 15) is 9.46 Å². The van der Waals surface area contributed by atoms with Crippen LogP contribution in [-0.4, -0.2) is 81.6 Å². The molecule has 3 aliphatic heterocycles. The van der Waals surface area contributed by atoms with Crippen LogP contribution in [0.5, 0.6) is 0 Å². The average molecular weight is 640 g/mol. The summed E-state index contributed by atoms with van der Waals surface area (Å²) in [4.78, 5) is 36.1. The predicted molar refractivity (Wildman–Crippen MR) is 147 cm³/mol. The number of nitrogen functional groups attached to an aromatic ring is 2. The summed E-state index contributed by atoms with van der Waals surface area (Å²) in [5, 5.41) is 0. The second-order valence-corrected chi connectivity index (χ2v) is 13.7. The zero-order chi connectivity index (χ0) is 29.2. The van der Waals surface area contributed by atoms with Crippen molar-refractivity contribution in [3.8, 4) is 0 Å². The number of nitrogens with zero attached hydrogens (tertiary/aromatic N) is 8. The highest BCUT2D eigenvalue weighted by atomic mass is 32.5. The number of imidazole rings is 2. The van der Waals surface area contributed by atoms with Crippen molar-refractivity contribution in [2.45, 2.75) is 50.2 Å². The van der Waals surface area contributed by atoms with Crippen molar-refractivity contribution in [3.05, 3.63) is 25.3 Å². The smallest absolute Gasteiger partial charge is 0.382 e. The van der Waals surface area contributed by atoms with Gasteiger partial charge in [0.15, 0.2) is 22.9 Å². The quantitative estimate of drug-likeness (QED) is 0.263. The van der Waals surface area contributed by atoms with Gasteiger partial charge in [0.05, 0.1) is 19.3 Å². The number of hydrogen-bond donors (Lipinski definition) is 3. The summed E-state index contributed by atoms with van der Waals surface area (Å²) in [6.07, 6.45) is 1.51. The highest BCUT2D eigenvalue weighted by Gasteiger charge is 2.50. The third kappa shape index (κ3) is 4.94. The Balaban J connectivity index is 1.12. The van der Waals surface area contributed by atoms with Gasteiger partial charge in [0.2, 0.25) is 0 Å². The molecule has 21 heteroatoms. The highest BCUT2D eigenvalue weighted by molar-refractivity contribution is 8.07. The van der Waals surface area contributed by atoms with Crippen molar-refractivity contribution in [2.75, 3.05) is 24.7 Å². The van der Waals surface area contributed by atoms with Gasteiger partial charge >= 0.3 is 15.0 Å². The molecule has 3 aliphatic rings. The van der Waals surface area contributed by atoms with E-state index in [4.69, 9.17) is 50.8 Å². The average Bonchev–Trinajstić information content (AvgIpc) is 3.72. The Morgan fingerprint density at radius 1 is 0.952 bits per heavy atom. The van der Waals surface area contributed by atoms with Gasteiger partial charge in [-0.25, -0.2) is 29.9 Å². The van der Waals surface area contributed by atoms with E-state index in [1.165, 1.54) is 25.3 Å². The summed E-state index contributed by atoms with van der Waals surface area (Å²) in [7, 11) is -2.61. The van der Waals surface area contributed by atoms with Crippen molar-refractivity contribution in [2.24, 2.45) is 5.92 Å². The Morgan fingerprint density at radius 2 is 1.62 bits per heavy atom. The van der Waals surface area contributed by atoms with Crippen molar-refractivity contribution in [3.63, 3.8) is 0 Å². The Labute approximate surface area is 242 Å². The lowest BCUT2D eigenvalue weighted by Crippen LogP contribution is -2.33. The lowest BCUT2D eigenvalue weighted by Gasteiger charge is -2.27. The second-order valence-electron chi connectivity index (χ2n) is 9.95. The van der Waals surface area contributed by atoms with Crippen LogP contribution in [0.1, 0.15) is 25.8 Å². The molecule has 7 rings (SSSR count). The van der Waals surface area contributed by atoms with Crippen LogP contribution in [0.4, 0.5) is 11.6 Å². The van der Waals surface area contributed by atoms with E-state index >= 15 is 0 Å². The number of hydrogen-bond acceptors (Lipinski definition) is 16. The standard InChI is InChI=1S/C21H24N10O8P2S/c1-9-16-12(37-21(9)31-8-29-15-18(23)25-6-27-20(15)31)3-34-40(32)38-10-2-13(36-11(10)4-35-41(33,42)39-16)30-7-28-14-17(22)24-5-26-19(14)30/h5-13,16,21H,2-4H2,1H3,(H4-,22,23,24,25,26,27,33,42)/p+1/t9-,10+,11-,12-,13-,16+,21-,41?/m1/s1. The third-order valence-electron chi connectivity index (χ3n) is 7.41. The summed E-state index contributed by atoms with van der Waals surface area (Å²) in [6, 6.07) is 0. The number of rotatable bonds is 2. The highest BCUT2D eigenvalue weighted by Crippen LogP contribution is 2.52. The van der Waals surface area contributed by atoms with Crippen LogP contribution < -0.4 is 11.5 Å². The van der Waals surface area contributed by atoms with Crippen molar-refractivity contribution in [1.82, 2.24) is 39.0 Å². The molecule has 0 bridgehead atoms. The first-order valence-electron chi connectivity index (χ1n) is 12.8. The molecule has 0 radical (unpaired) electrons. The van der Waals surface area contributed by atoms with Gasteiger partial charge in [-0.15, -0.1) is 9.05 Å². The number of aromatic nitrogens is 8. The van der Waals surface area contributed by atoms with E-state index in [-0.39, 0.29) is 31.3 Å². The molecule has 42 heavy (non-hydrogen) atoms. The van der Waals surface area contributed by atoms with Gasteiger partial charge in [-0.1, -0.05) is 6.92 Å². The van der Waals surface area contributed by atoms with Gasteiger partial charge in [0.25, 0.3) is 0 Å². The fourth-order valence-electron chi connectivity index (χ4n) is 5.39. The molecule has 2 unspecified atom stereocenters. The fourth-order valence-corrected chi connectivity index (χ4v) is 7.68. The van der Waals surface area contributed by atoms with Gasteiger partial charge in [0.1, 0.15) is 67.2 Å². The maximum atomic E-state index is 13.0. The molecule has 18 nitrogen and oxygen atoms in total. The molecular formula is C21H25N10O8P2S+. The summed E-state index contributed by atoms with van der Waals surface area (Å²) in [5.74, 6) is 0.0357. The van der Waals surface area contributed by atoms with Crippen LogP contribution in [0, 0.1) is 5.92 Å². The van der Waals surface area contributed by atoms with Crippen LogP contribution in [0.3, 0.4) is 0 Å². The van der Waals surface area contributed by atoms with Gasteiger partial charge in [0, 0.05) is 16.9 Å². The Bertz CT molecular complexity index is 1720. The molecule has 9 atom stereocenters. The molecule has 0 amide bonds. The van der Waals surface area contributed by atoms with E-state index < -0.39 is 57.8 Å². The van der Waals surface area contributed by atoms with E-state index in [1.807, 2.05) is 6.92 Å². The van der Waals surface area contributed by atoms with Gasteiger partial charge in [-0.2, -0.15) is 0 Å². The molecule has 4 aromatic heterocycles. The summed E-state index contributed by atoms with van der Waals surface area (Å²) in [6.45, 7) is -2.39. The first-order valence-corrected chi connectivity index (χ1v) is 16.5. The topological polar surface area (TPSA) is 232 Å². The first kappa shape index (κ1) is 28.0. The maximum absolute atomic E-state index is 13.0. The summed E-state index contributed by atoms with van der Waals surface area (Å²) >= 11 is 5.37. The van der Waals surface area contributed by atoms with E-state index in [0.717, 1.165) is 0 Å². The minimum Gasteiger partial charge on any atom is -0.382 e. The molecule has 3 saturated heterocycles. The lowest BCUT2D eigenvalue weighted by atomic mass is 10.0. The normalized spacial score (nSPS) is 35.1. The Hall–Kier alpha value is -2.83. The number of anilines is 2. The predicted octanol–water partition coefficient (Wildman–Crippen LogP) is 1.34. The lowest BCUT2D eigenvalue weighted by molar-refractivity contribution is -0.0552. The van der Waals surface area contributed by atoms with Crippen LogP contribution in [-0.2, 0) is 43.9 Å². The summed E-state index contributed by atoms with van der Waals surface area (Å²) < 4.78 is 51.8. The van der Waals surface area contributed by atoms with Crippen LogP contribution in [0.15, 0.2) is 25.3 Å². The Morgan fingerprint density at radius 3 is 2.33 bits per heavy atom. The first-order chi connectivity index (χ1) is 20.2. The molecule has 7 heterocycles. The Kier molecular flexibility index (Phi) is 7.13. The number of fused-ring (bicyclic) bond motifs is 4. The minimum absolute atomic E-state index is 0.191. The molecule has 0 saturated carbocycles. The minimum atomic E-state index is -3.83. The maximum Gasteiger partial charge on any atom is 0.697 e. The van der Waals surface area contributed by atoms with Gasteiger partial charge in [-0.05, 0) is 11.8 Å². The van der Waals surface area contributed by atoms with E-state index in [1.54, 1.807) is 9.13 Å². The number of ether oxygens (including phenoxy) is 2. The molecule has 5 N–H and O–H groups in total. The molecule has 0 spiro atoms. The van der Waals surface area contributed by atoms with E-state index in [2.05, 4.69) is 29.9 Å². The second kappa shape index (κ2) is 10.7. The largest absolute Gasteiger partial charge is 0.697 e.